The number of hydrogen-bond acceptors (Lipinski definition) is 1. The Bertz CT molecular complexity index is 346. The molecule has 0 bridgehead atoms. The van der Waals surface area contributed by atoms with Crippen molar-refractivity contribution in [1.29, 1.82) is 0 Å². The Morgan fingerprint density at radius 1 is 1.38 bits per heavy atom. The second-order valence-corrected chi connectivity index (χ2v) is 5.19. The molecule has 1 aromatic rings. The van der Waals surface area contributed by atoms with Gasteiger partial charge in [-0.05, 0) is 32.3 Å². The molecule has 0 aromatic heterocycles. The molecule has 0 saturated carbocycles. The highest BCUT2D eigenvalue weighted by Crippen LogP contribution is 2.39. The average Bonchev–Trinajstić information content (AvgIpc) is 2.64. The van der Waals surface area contributed by atoms with E-state index in [-0.39, 0.29) is 11.5 Å². The van der Waals surface area contributed by atoms with Gasteiger partial charge in [0, 0.05) is 17.9 Å². The van der Waals surface area contributed by atoms with Crippen LogP contribution in [0.4, 0.5) is 0 Å². The second-order valence-electron chi connectivity index (χ2n) is 4.92. The molecule has 1 aromatic carbocycles. The van der Waals surface area contributed by atoms with Crippen molar-refractivity contribution in [2.24, 2.45) is 5.41 Å². The maximum atomic E-state index is 6.16. The van der Waals surface area contributed by atoms with Gasteiger partial charge in [-0.25, -0.2) is 0 Å². The Morgan fingerprint density at radius 2 is 2.06 bits per heavy atom. The van der Waals surface area contributed by atoms with Crippen molar-refractivity contribution in [1.82, 2.24) is 0 Å². The van der Waals surface area contributed by atoms with E-state index >= 15 is 0 Å². The van der Waals surface area contributed by atoms with Gasteiger partial charge in [0.25, 0.3) is 0 Å². The van der Waals surface area contributed by atoms with Crippen molar-refractivity contribution in [3.63, 3.8) is 0 Å². The lowest BCUT2D eigenvalue weighted by atomic mass is 9.78. The van der Waals surface area contributed by atoms with Crippen molar-refractivity contribution >= 4 is 11.6 Å². The molecule has 0 aliphatic carbocycles. The smallest absolute Gasteiger partial charge is 0.0618 e. The summed E-state index contributed by atoms with van der Waals surface area (Å²) in [5, 5.41) is 0. The third kappa shape index (κ3) is 2.26. The highest BCUT2D eigenvalue weighted by atomic mass is 35.5. The molecule has 1 aliphatic heterocycles. The van der Waals surface area contributed by atoms with Gasteiger partial charge in [0.2, 0.25) is 0 Å². The number of aryl methyl sites for hydroxylation is 1. The van der Waals surface area contributed by atoms with Gasteiger partial charge in [-0.2, -0.15) is 0 Å². The zero-order valence-electron chi connectivity index (χ0n) is 10.0. The van der Waals surface area contributed by atoms with Gasteiger partial charge < -0.3 is 4.74 Å². The van der Waals surface area contributed by atoms with Crippen LogP contribution in [0.25, 0.3) is 0 Å². The standard InChI is InChI=1S/C14H19ClO/c1-11-3-5-13(6-4-11)9-14(10-15)7-8-16-12(14)2/h3-6,12H,7-10H2,1-2H3. The summed E-state index contributed by atoms with van der Waals surface area (Å²) in [5.41, 5.74) is 2.81. The summed E-state index contributed by atoms with van der Waals surface area (Å²) in [4.78, 5) is 0. The normalized spacial score (nSPS) is 29.6. The van der Waals surface area contributed by atoms with Gasteiger partial charge in [0.15, 0.2) is 0 Å². The summed E-state index contributed by atoms with van der Waals surface area (Å²) >= 11 is 6.16. The molecule has 88 valence electrons. The van der Waals surface area contributed by atoms with Gasteiger partial charge >= 0.3 is 0 Å². The van der Waals surface area contributed by atoms with Crippen LogP contribution in [0, 0.1) is 12.3 Å². The summed E-state index contributed by atoms with van der Waals surface area (Å²) in [7, 11) is 0. The Kier molecular flexibility index (Phi) is 3.56. The van der Waals surface area contributed by atoms with Crippen LogP contribution >= 0.6 is 11.6 Å². The second kappa shape index (κ2) is 4.77. The minimum atomic E-state index is 0.136. The summed E-state index contributed by atoms with van der Waals surface area (Å²) < 4.78 is 5.67. The van der Waals surface area contributed by atoms with Crippen LogP contribution in [0.2, 0.25) is 0 Å². The Morgan fingerprint density at radius 3 is 2.56 bits per heavy atom. The van der Waals surface area contributed by atoms with Gasteiger partial charge in [-0.15, -0.1) is 11.6 Å². The summed E-state index contributed by atoms with van der Waals surface area (Å²) in [6.45, 7) is 5.10. The summed E-state index contributed by atoms with van der Waals surface area (Å²) in [6.07, 6.45) is 2.37. The molecule has 16 heavy (non-hydrogen) atoms. The van der Waals surface area contributed by atoms with E-state index in [2.05, 4.69) is 38.1 Å². The van der Waals surface area contributed by atoms with Crippen LogP contribution in [-0.4, -0.2) is 18.6 Å². The van der Waals surface area contributed by atoms with Gasteiger partial charge in [0.1, 0.15) is 0 Å². The van der Waals surface area contributed by atoms with Gasteiger partial charge in [-0.3, -0.25) is 0 Å². The van der Waals surface area contributed by atoms with E-state index in [0.29, 0.717) is 5.88 Å². The van der Waals surface area contributed by atoms with Gasteiger partial charge in [-0.1, -0.05) is 29.8 Å². The molecule has 2 unspecified atom stereocenters. The molecule has 0 amide bonds. The van der Waals surface area contributed by atoms with Crippen molar-refractivity contribution in [2.75, 3.05) is 12.5 Å². The summed E-state index contributed by atoms with van der Waals surface area (Å²) in [5.74, 6) is 0.683. The van der Waals surface area contributed by atoms with Crippen molar-refractivity contribution < 1.29 is 4.74 Å². The highest BCUT2D eigenvalue weighted by molar-refractivity contribution is 6.18. The first kappa shape index (κ1) is 11.9. The zero-order valence-corrected chi connectivity index (χ0v) is 10.8. The van der Waals surface area contributed by atoms with Crippen LogP contribution < -0.4 is 0 Å². The Labute approximate surface area is 103 Å². The van der Waals surface area contributed by atoms with E-state index in [1.54, 1.807) is 0 Å². The number of hydrogen-bond donors (Lipinski definition) is 0. The predicted molar refractivity (Wildman–Crippen MR) is 68.1 cm³/mol. The van der Waals surface area contributed by atoms with Crippen LogP contribution in [0.3, 0.4) is 0 Å². The Hall–Kier alpha value is -0.530. The van der Waals surface area contributed by atoms with E-state index in [1.165, 1.54) is 11.1 Å². The number of halogens is 1. The minimum absolute atomic E-state index is 0.136. The SMILES string of the molecule is Cc1ccc(CC2(CCl)CCOC2C)cc1. The molecule has 0 radical (unpaired) electrons. The fourth-order valence-electron chi connectivity index (χ4n) is 2.39. The molecule has 1 nitrogen and oxygen atoms in total. The van der Waals surface area contributed by atoms with Crippen molar-refractivity contribution in [2.45, 2.75) is 32.8 Å². The van der Waals surface area contributed by atoms with Crippen molar-refractivity contribution in [3.8, 4) is 0 Å². The lowest BCUT2D eigenvalue weighted by molar-refractivity contribution is 0.0735. The quantitative estimate of drug-likeness (QED) is 0.732. The third-order valence-corrected chi connectivity index (χ3v) is 4.31. The van der Waals surface area contributed by atoms with Crippen LogP contribution in [0.15, 0.2) is 24.3 Å². The van der Waals surface area contributed by atoms with Crippen LogP contribution in [0.5, 0.6) is 0 Å². The maximum Gasteiger partial charge on any atom is 0.0618 e. The number of benzene rings is 1. The monoisotopic (exact) mass is 238 g/mol. The number of rotatable bonds is 3. The molecule has 1 fully saturated rings. The number of ether oxygens (including phenoxy) is 1. The predicted octanol–water partition coefficient (Wildman–Crippen LogP) is 3.57. The van der Waals surface area contributed by atoms with Crippen molar-refractivity contribution in [3.05, 3.63) is 35.4 Å². The van der Waals surface area contributed by atoms with Crippen LogP contribution in [-0.2, 0) is 11.2 Å². The molecule has 0 spiro atoms. The first-order valence-electron chi connectivity index (χ1n) is 5.89. The molecule has 1 saturated heterocycles. The molecular formula is C14H19ClO. The molecular weight excluding hydrogens is 220 g/mol. The maximum absolute atomic E-state index is 6.16. The molecule has 1 heterocycles. The van der Waals surface area contributed by atoms with Crippen LogP contribution in [0.1, 0.15) is 24.5 Å². The average molecular weight is 239 g/mol. The largest absolute Gasteiger partial charge is 0.378 e. The summed E-state index contributed by atoms with van der Waals surface area (Å²) in [6, 6.07) is 8.73. The van der Waals surface area contributed by atoms with E-state index in [9.17, 15) is 0 Å². The molecule has 2 atom stereocenters. The van der Waals surface area contributed by atoms with E-state index < -0.39 is 0 Å². The first-order chi connectivity index (χ1) is 7.66. The zero-order chi connectivity index (χ0) is 11.6. The molecule has 0 N–H and O–H groups in total. The van der Waals surface area contributed by atoms with E-state index in [0.717, 1.165) is 19.4 Å². The molecule has 2 rings (SSSR count). The van der Waals surface area contributed by atoms with Gasteiger partial charge in [0.05, 0.1) is 6.10 Å². The molecule has 1 aliphatic rings. The third-order valence-electron chi connectivity index (χ3n) is 3.77. The topological polar surface area (TPSA) is 9.23 Å². The highest BCUT2D eigenvalue weighted by Gasteiger charge is 2.40. The lowest BCUT2D eigenvalue weighted by Gasteiger charge is -2.30. The minimum Gasteiger partial charge on any atom is -0.378 e. The number of alkyl halides is 1. The lowest BCUT2D eigenvalue weighted by Crippen LogP contribution is -2.33. The van der Waals surface area contributed by atoms with E-state index in [4.69, 9.17) is 16.3 Å². The Balaban J connectivity index is 2.15. The fourth-order valence-corrected chi connectivity index (χ4v) is 2.83. The molecule has 2 heteroatoms. The first-order valence-corrected chi connectivity index (χ1v) is 6.43. The van der Waals surface area contributed by atoms with E-state index in [1.807, 2.05) is 0 Å². The fraction of sp³-hybridized carbons (Fsp3) is 0.571.